The maximum Gasteiger partial charge on any atom is 0.244 e. The van der Waals surface area contributed by atoms with Gasteiger partial charge in [0.05, 0.1) is 5.02 Å². The maximum absolute atomic E-state index is 12.2. The van der Waals surface area contributed by atoms with Crippen molar-refractivity contribution in [3.05, 3.63) is 22.4 Å². The Morgan fingerprint density at radius 2 is 1.83 bits per heavy atom. The van der Waals surface area contributed by atoms with Crippen LogP contribution in [0.3, 0.4) is 0 Å². The second-order valence-corrected chi connectivity index (χ2v) is 6.88. The number of rotatable bonds is 5. The zero-order chi connectivity index (χ0) is 13.9. The van der Waals surface area contributed by atoms with Crippen LogP contribution in [0.1, 0.15) is 0 Å². The van der Waals surface area contributed by atoms with E-state index in [1.165, 1.54) is 23.6 Å². The van der Waals surface area contributed by atoms with Crippen LogP contribution in [-0.2, 0) is 10.0 Å². The van der Waals surface area contributed by atoms with Crippen molar-refractivity contribution in [2.24, 2.45) is 0 Å². The van der Waals surface area contributed by atoms with E-state index in [0.29, 0.717) is 13.1 Å². The van der Waals surface area contributed by atoms with E-state index in [9.17, 15) is 8.42 Å². The first kappa shape index (κ1) is 15.7. The molecule has 0 fully saturated rings. The molecule has 1 rings (SSSR count). The van der Waals surface area contributed by atoms with Crippen molar-refractivity contribution in [1.82, 2.24) is 14.2 Å². The largest absolute Gasteiger partial charge is 0.308 e. The molecule has 5 nitrogen and oxygen atoms in total. The first-order valence-electron chi connectivity index (χ1n) is 5.17. The molecule has 0 saturated carbocycles. The number of pyridine rings is 1. The number of sulfonamides is 1. The van der Waals surface area contributed by atoms with Crippen molar-refractivity contribution in [1.29, 1.82) is 0 Å². The van der Waals surface area contributed by atoms with Crippen molar-refractivity contribution < 1.29 is 8.42 Å². The Balaban J connectivity index is 2.95. The lowest BCUT2D eigenvalue weighted by atomic mass is 10.5. The van der Waals surface area contributed by atoms with E-state index in [2.05, 4.69) is 4.98 Å². The summed E-state index contributed by atoms with van der Waals surface area (Å²) in [5.74, 6) is 0. The molecule has 0 spiro atoms. The van der Waals surface area contributed by atoms with Crippen LogP contribution in [0.15, 0.2) is 17.2 Å². The highest BCUT2D eigenvalue weighted by Crippen LogP contribution is 2.23. The molecule has 0 aromatic carbocycles. The summed E-state index contributed by atoms with van der Waals surface area (Å²) in [5, 5.41) is 0.213. The van der Waals surface area contributed by atoms with E-state index in [1.807, 2.05) is 19.0 Å². The van der Waals surface area contributed by atoms with Crippen LogP contribution >= 0.6 is 23.2 Å². The molecule has 0 aliphatic rings. The Kier molecular flexibility index (Phi) is 5.36. The van der Waals surface area contributed by atoms with Crippen molar-refractivity contribution >= 4 is 33.2 Å². The minimum Gasteiger partial charge on any atom is -0.308 e. The summed E-state index contributed by atoms with van der Waals surface area (Å²) >= 11 is 11.4. The van der Waals surface area contributed by atoms with Gasteiger partial charge in [0, 0.05) is 26.3 Å². The van der Waals surface area contributed by atoms with Gasteiger partial charge in [0.25, 0.3) is 0 Å². The molecule has 0 amide bonds. The number of halogens is 2. The van der Waals surface area contributed by atoms with Gasteiger partial charge in [-0.1, -0.05) is 23.2 Å². The van der Waals surface area contributed by atoms with Crippen LogP contribution in [-0.4, -0.2) is 56.8 Å². The Morgan fingerprint density at radius 3 is 2.33 bits per heavy atom. The summed E-state index contributed by atoms with van der Waals surface area (Å²) in [5.41, 5.74) is 0. The lowest BCUT2D eigenvalue weighted by molar-refractivity contribution is 0.358. The topological polar surface area (TPSA) is 53.5 Å². The van der Waals surface area contributed by atoms with E-state index < -0.39 is 10.0 Å². The van der Waals surface area contributed by atoms with Crippen LogP contribution in [0.4, 0.5) is 0 Å². The highest BCUT2D eigenvalue weighted by molar-refractivity contribution is 7.89. The van der Waals surface area contributed by atoms with E-state index in [-0.39, 0.29) is 15.1 Å². The molecular weight excluding hydrogens is 297 g/mol. The Morgan fingerprint density at radius 1 is 1.22 bits per heavy atom. The number of nitrogens with zero attached hydrogens (tertiary/aromatic N) is 3. The fourth-order valence-electron chi connectivity index (χ4n) is 1.19. The molecule has 0 atom stereocenters. The molecule has 102 valence electrons. The van der Waals surface area contributed by atoms with Crippen LogP contribution in [0.5, 0.6) is 0 Å². The zero-order valence-electron chi connectivity index (χ0n) is 10.4. The average Bonchev–Trinajstić information content (AvgIpc) is 2.29. The van der Waals surface area contributed by atoms with E-state index in [0.717, 1.165) is 0 Å². The third-order valence-corrected chi connectivity index (χ3v) is 4.85. The fourth-order valence-corrected chi connectivity index (χ4v) is 2.65. The smallest absolute Gasteiger partial charge is 0.244 e. The van der Waals surface area contributed by atoms with Gasteiger partial charge in [-0.15, -0.1) is 0 Å². The number of likely N-dealkylation sites (N-methyl/N-ethyl adjacent to an activating group) is 2. The van der Waals surface area contributed by atoms with Gasteiger partial charge in [0.15, 0.2) is 0 Å². The Bertz CT molecular complexity index is 520. The summed E-state index contributed by atoms with van der Waals surface area (Å²) in [4.78, 5) is 5.68. The number of aromatic nitrogens is 1. The highest BCUT2D eigenvalue weighted by Gasteiger charge is 2.21. The average molecular weight is 312 g/mol. The molecule has 1 aromatic heterocycles. The molecule has 0 aliphatic carbocycles. The van der Waals surface area contributed by atoms with Crippen LogP contribution < -0.4 is 0 Å². The predicted molar refractivity (Wildman–Crippen MR) is 72.6 cm³/mol. The van der Waals surface area contributed by atoms with Crippen molar-refractivity contribution in [2.75, 3.05) is 34.2 Å². The van der Waals surface area contributed by atoms with Gasteiger partial charge in [-0.3, -0.25) is 0 Å². The van der Waals surface area contributed by atoms with Gasteiger partial charge in [-0.25, -0.2) is 13.4 Å². The van der Waals surface area contributed by atoms with E-state index in [1.54, 1.807) is 0 Å². The minimum absolute atomic E-state index is 0.0400. The van der Waals surface area contributed by atoms with Crippen molar-refractivity contribution in [3.63, 3.8) is 0 Å². The molecule has 8 heteroatoms. The van der Waals surface area contributed by atoms with E-state index in [4.69, 9.17) is 23.2 Å². The minimum atomic E-state index is -3.57. The van der Waals surface area contributed by atoms with Gasteiger partial charge in [0.1, 0.15) is 10.0 Å². The second kappa shape index (κ2) is 6.16. The van der Waals surface area contributed by atoms with Gasteiger partial charge in [-0.2, -0.15) is 4.31 Å². The molecule has 0 bridgehead atoms. The van der Waals surface area contributed by atoms with Crippen molar-refractivity contribution in [2.45, 2.75) is 4.90 Å². The molecule has 0 saturated heterocycles. The molecule has 0 aliphatic heterocycles. The Hall–Kier alpha value is -0.400. The Labute approximate surface area is 117 Å². The molecular formula is C10H15Cl2N3O2S. The van der Waals surface area contributed by atoms with Crippen LogP contribution in [0.2, 0.25) is 10.2 Å². The van der Waals surface area contributed by atoms with Gasteiger partial charge >= 0.3 is 0 Å². The summed E-state index contributed by atoms with van der Waals surface area (Å²) in [6, 6.07) is 1.30. The first-order valence-corrected chi connectivity index (χ1v) is 7.37. The second-order valence-electron chi connectivity index (χ2n) is 4.07. The normalized spacial score (nSPS) is 12.4. The highest BCUT2D eigenvalue weighted by atomic mass is 35.5. The third kappa shape index (κ3) is 3.80. The summed E-state index contributed by atoms with van der Waals surface area (Å²) < 4.78 is 25.6. The monoisotopic (exact) mass is 311 g/mol. The van der Waals surface area contributed by atoms with Crippen molar-refractivity contribution in [3.8, 4) is 0 Å². The first-order chi connectivity index (χ1) is 8.25. The predicted octanol–water partition coefficient (Wildman–Crippen LogP) is 1.57. The number of hydrogen-bond acceptors (Lipinski definition) is 4. The lowest BCUT2D eigenvalue weighted by Crippen LogP contribution is -2.33. The zero-order valence-corrected chi connectivity index (χ0v) is 12.7. The SMILES string of the molecule is CN(C)CCN(C)S(=O)(=O)c1cnc(Cl)c(Cl)c1. The maximum atomic E-state index is 12.2. The molecule has 0 radical (unpaired) electrons. The summed E-state index contributed by atoms with van der Waals surface area (Å²) in [6.07, 6.45) is 1.20. The quantitative estimate of drug-likeness (QED) is 0.775. The molecule has 0 unspecified atom stereocenters. The molecule has 0 N–H and O–H groups in total. The summed E-state index contributed by atoms with van der Waals surface area (Å²) in [7, 11) is 1.69. The fraction of sp³-hybridized carbons (Fsp3) is 0.500. The lowest BCUT2D eigenvalue weighted by Gasteiger charge is -2.19. The van der Waals surface area contributed by atoms with E-state index >= 15 is 0 Å². The molecule has 1 aromatic rings. The standard InChI is InChI=1S/C10H15Cl2N3O2S/c1-14(2)4-5-15(3)18(16,17)8-6-9(11)10(12)13-7-8/h6-7H,4-5H2,1-3H3. The molecule has 18 heavy (non-hydrogen) atoms. The van der Waals surface area contributed by atoms with Gasteiger partial charge in [-0.05, 0) is 20.2 Å². The molecule has 1 heterocycles. The van der Waals surface area contributed by atoms with Crippen LogP contribution in [0, 0.1) is 0 Å². The number of hydrogen-bond donors (Lipinski definition) is 0. The van der Waals surface area contributed by atoms with Gasteiger partial charge in [0.2, 0.25) is 10.0 Å². The third-order valence-electron chi connectivity index (χ3n) is 2.34. The summed E-state index contributed by atoms with van der Waals surface area (Å²) in [6.45, 7) is 1.01. The van der Waals surface area contributed by atoms with Crippen LogP contribution in [0.25, 0.3) is 0 Å². The van der Waals surface area contributed by atoms with Gasteiger partial charge < -0.3 is 4.90 Å².